The Bertz CT molecular complexity index is 4750. The number of rotatable bonds is 17. The average Bonchev–Trinajstić information content (AvgIpc) is 3.51. The van der Waals surface area contributed by atoms with Crippen molar-refractivity contribution in [2.75, 3.05) is 26.1 Å². The topological polar surface area (TPSA) is 386 Å². The number of nitrogens with one attached hydrogen (secondary N) is 1. The molecule has 0 aromatic heterocycles. The van der Waals surface area contributed by atoms with Crippen LogP contribution in [0.25, 0.3) is 43.1 Å². The third kappa shape index (κ3) is 11.8. The number of azo groups is 3. The molecule has 0 aliphatic heterocycles. The van der Waals surface area contributed by atoms with Gasteiger partial charge in [-0.25, -0.2) is 0 Å². The summed E-state index contributed by atoms with van der Waals surface area (Å²) >= 11 is 0. The van der Waals surface area contributed by atoms with Crippen molar-refractivity contribution in [1.29, 1.82) is 0 Å². The number of ether oxygens (including phenoxy) is 3. The summed E-state index contributed by atoms with van der Waals surface area (Å²) in [7, 11) is -22.0. The van der Waals surface area contributed by atoms with Crippen LogP contribution in [0.5, 0.6) is 17.2 Å². The standard InChI is InChI=1S/C50H39N7O18S5/c1-4-75-45-26-44(55-52-31-6-5-27-20-35(78(64,65)66)25-46(39(27)22-31)79(67,68)69)41-24-34(77(61,62)63)13-16-38(41)48(45)56-53-42-17-18-43(40-23-33(76(58,59)60)12-15-37(40)42)54-57-49-47(80(70,71)72)21-28-19-30(9-14-36(28)50(49)74-3)51-29-7-10-32(73-2)11-8-29/h5-26,51H,4H2,1-3H3,(H,58,59,60)(H,61,62,63)(H,64,65,66)(H,67,68,69)(H,70,71,72). The van der Waals surface area contributed by atoms with Crippen molar-refractivity contribution in [3.63, 3.8) is 0 Å². The van der Waals surface area contributed by atoms with Gasteiger partial charge in [0.1, 0.15) is 32.7 Å². The minimum Gasteiger partial charge on any atom is -0.497 e. The van der Waals surface area contributed by atoms with E-state index in [0.717, 1.165) is 36.4 Å². The maximum atomic E-state index is 13.0. The zero-order valence-electron chi connectivity index (χ0n) is 41.2. The summed E-state index contributed by atoms with van der Waals surface area (Å²) < 4.78 is 191. The van der Waals surface area contributed by atoms with Crippen molar-refractivity contribution < 1.29 is 79.1 Å². The fourth-order valence-corrected chi connectivity index (χ4v) is 11.4. The fraction of sp³-hybridized carbons (Fsp3) is 0.0800. The highest BCUT2D eigenvalue weighted by Gasteiger charge is 2.25. The maximum Gasteiger partial charge on any atom is 0.296 e. The molecule has 0 heterocycles. The fourth-order valence-electron chi connectivity index (χ4n) is 8.37. The van der Waals surface area contributed by atoms with Gasteiger partial charge in [0.05, 0.1) is 58.3 Å². The zero-order valence-corrected chi connectivity index (χ0v) is 45.3. The van der Waals surface area contributed by atoms with Crippen LogP contribution in [-0.4, -0.2) is 85.7 Å². The first-order valence-electron chi connectivity index (χ1n) is 22.7. The van der Waals surface area contributed by atoms with Gasteiger partial charge < -0.3 is 19.5 Å². The van der Waals surface area contributed by atoms with Crippen LogP contribution < -0.4 is 19.5 Å². The molecule has 412 valence electrons. The molecular weight excluding hydrogens is 1150 g/mol. The van der Waals surface area contributed by atoms with Crippen LogP contribution in [0.2, 0.25) is 0 Å². The molecule has 0 fully saturated rings. The summed E-state index contributed by atoms with van der Waals surface area (Å²) in [6, 6.07) is 29.0. The Kier molecular flexibility index (Phi) is 15.0. The van der Waals surface area contributed by atoms with Gasteiger partial charge in [-0.1, -0.05) is 18.2 Å². The van der Waals surface area contributed by atoms with Crippen molar-refractivity contribution in [3.05, 3.63) is 133 Å². The van der Waals surface area contributed by atoms with Gasteiger partial charge in [-0.05, 0) is 127 Å². The Labute approximate surface area is 454 Å². The molecule has 9 aromatic carbocycles. The highest BCUT2D eigenvalue weighted by atomic mass is 32.2. The van der Waals surface area contributed by atoms with Crippen molar-refractivity contribution in [2.45, 2.75) is 31.4 Å². The number of methoxy groups -OCH3 is 2. The van der Waals surface area contributed by atoms with Crippen molar-refractivity contribution in [2.24, 2.45) is 30.7 Å². The Balaban J connectivity index is 1.15. The lowest BCUT2D eigenvalue weighted by Gasteiger charge is -2.14. The smallest absolute Gasteiger partial charge is 0.296 e. The molecule has 9 aromatic rings. The minimum atomic E-state index is -5.09. The second-order valence-electron chi connectivity index (χ2n) is 17.0. The highest BCUT2D eigenvalue weighted by molar-refractivity contribution is 7.87. The normalized spacial score (nSPS) is 12.9. The predicted molar refractivity (Wildman–Crippen MR) is 291 cm³/mol. The lowest BCUT2D eigenvalue weighted by atomic mass is 10.1. The highest BCUT2D eigenvalue weighted by Crippen LogP contribution is 2.47. The average molecular weight is 1190 g/mol. The summed E-state index contributed by atoms with van der Waals surface area (Å²) in [5, 5.41) is 29.7. The summed E-state index contributed by atoms with van der Waals surface area (Å²) in [5.41, 5.74) is 0.489. The van der Waals surface area contributed by atoms with E-state index in [-0.39, 0.29) is 78.9 Å². The maximum absolute atomic E-state index is 13.0. The molecule has 9 rings (SSSR count). The van der Waals surface area contributed by atoms with Crippen LogP contribution in [0.4, 0.5) is 45.5 Å². The van der Waals surface area contributed by atoms with Gasteiger partial charge in [0.2, 0.25) is 0 Å². The largest absolute Gasteiger partial charge is 0.497 e. The van der Waals surface area contributed by atoms with Crippen LogP contribution in [-0.2, 0) is 50.6 Å². The molecule has 0 saturated carbocycles. The Morgan fingerprint density at radius 1 is 0.412 bits per heavy atom. The van der Waals surface area contributed by atoms with E-state index in [2.05, 4.69) is 36.0 Å². The Morgan fingerprint density at radius 2 is 0.975 bits per heavy atom. The lowest BCUT2D eigenvalue weighted by Crippen LogP contribution is -2.04. The molecule has 0 bridgehead atoms. The minimum absolute atomic E-state index is 0.00745. The second kappa shape index (κ2) is 21.3. The Morgan fingerprint density at radius 3 is 1.56 bits per heavy atom. The van der Waals surface area contributed by atoms with Crippen LogP contribution in [0.1, 0.15) is 6.92 Å². The molecule has 0 radical (unpaired) electrons. The summed E-state index contributed by atoms with van der Waals surface area (Å²) in [5.74, 6) is 0.495. The molecule has 0 spiro atoms. The number of hydrogen-bond acceptors (Lipinski definition) is 20. The first kappa shape index (κ1) is 56.3. The van der Waals surface area contributed by atoms with Crippen molar-refractivity contribution in [1.82, 2.24) is 0 Å². The first-order chi connectivity index (χ1) is 37.6. The van der Waals surface area contributed by atoms with Gasteiger partial charge in [0.25, 0.3) is 50.6 Å². The van der Waals surface area contributed by atoms with Gasteiger partial charge in [-0.2, -0.15) is 47.2 Å². The quantitative estimate of drug-likeness (QED) is 0.0364. The van der Waals surface area contributed by atoms with Gasteiger partial charge in [-0.15, -0.1) is 25.6 Å². The SMILES string of the molecule is CCOc1cc(N=Nc2ccc3cc(S(=O)(=O)O)cc(S(=O)(=O)O)c3c2)c2cc(S(=O)(=O)O)ccc2c1N=Nc1ccc(N=Nc2c(S(=O)(=O)O)cc3cc(Nc4ccc(OC)cc4)ccc3c2OC)c2cc(S(=O)(=O)O)ccc12. The monoisotopic (exact) mass is 1190 g/mol. The molecule has 80 heavy (non-hydrogen) atoms. The summed E-state index contributed by atoms with van der Waals surface area (Å²) in [4.78, 5) is -3.58. The summed E-state index contributed by atoms with van der Waals surface area (Å²) in [6.45, 7) is 1.63. The lowest BCUT2D eigenvalue weighted by molar-refractivity contribution is 0.342. The zero-order chi connectivity index (χ0) is 57.7. The molecule has 0 aliphatic rings. The molecule has 6 N–H and O–H groups in total. The number of benzene rings is 9. The number of hydrogen-bond donors (Lipinski definition) is 6. The van der Waals surface area contributed by atoms with Gasteiger partial charge >= 0.3 is 0 Å². The molecule has 0 aliphatic carbocycles. The predicted octanol–water partition coefficient (Wildman–Crippen LogP) is 11.9. The van der Waals surface area contributed by atoms with Crippen LogP contribution >= 0.6 is 0 Å². The number of anilines is 2. The van der Waals surface area contributed by atoms with Crippen LogP contribution in [0, 0.1) is 0 Å². The first-order valence-corrected chi connectivity index (χ1v) is 29.9. The van der Waals surface area contributed by atoms with Gasteiger partial charge in [-0.3, -0.25) is 22.8 Å². The number of nitrogens with zero attached hydrogens (tertiary/aromatic N) is 6. The molecule has 25 nitrogen and oxygen atoms in total. The van der Waals surface area contributed by atoms with Gasteiger partial charge in [0.15, 0.2) is 5.75 Å². The van der Waals surface area contributed by atoms with Crippen LogP contribution in [0.3, 0.4) is 0 Å². The molecule has 0 saturated heterocycles. The van der Waals surface area contributed by atoms with E-state index >= 15 is 0 Å². The molecular formula is C50H39N7O18S5. The third-order valence-electron chi connectivity index (χ3n) is 12.0. The van der Waals surface area contributed by atoms with E-state index in [1.807, 2.05) is 0 Å². The van der Waals surface area contributed by atoms with Gasteiger partial charge in [0, 0.05) is 49.8 Å². The molecule has 0 atom stereocenters. The molecule has 0 unspecified atom stereocenters. The van der Waals surface area contributed by atoms with E-state index in [4.69, 9.17) is 14.2 Å². The van der Waals surface area contributed by atoms with E-state index in [1.54, 1.807) is 49.4 Å². The van der Waals surface area contributed by atoms with E-state index in [0.29, 0.717) is 34.0 Å². The van der Waals surface area contributed by atoms with Crippen LogP contribution in [0.15, 0.2) is 189 Å². The van der Waals surface area contributed by atoms with Crippen molar-refractivity contribution in [3.8, 4) is 17.2 Å². The van der Waals surface area contributed by atoms with E-state index in [9.17, 15) is 64.9 Å². The van der Waals surface area contributed by atoms with E-state index in [1.165, 1.54) is 62.8 Å². The Hall–Kier alpha value is -8.43. The van der Waals surface area contributed by atoms with E-state index < -0.39 is 80.8 Å². The third-order valence-corrected chi connectivity index (χ3v) is 16.3. The van der Waals surface area contributed by atoms with Crippen molar-refractivity contribution >= 4 is 139 Å². The molecule has 30 heteroatoms. The summed E-state index contributed by atoms with van der Waals surface area (Å²) in [6.07, 6.45) is 0. The second-order valence-corrected chi connectivity index (χ2v) is 24.1. The molecule has 0 amide bonds. The number of fused-ring (bicyclic) bond motifs is 4.